The number of ether oxygens (including phenoxy) is 1. The number of likely N-dealkylation sites (N-methyl/N-ethyl adjacent to an activating group) is 1. The molecule has 0 N–H and O–H groups in total. The van der Waals surface area contributed by atoms with Crippen LogP contribution in [0.25, 0.3) is 0 Å². The van der Waals surface area contributed by atoms with Crippen LogP contribution in [0.5, 0.6) is 5.75 Å². The molecule has 0 bridgehead atoms. The molecule has 0 unspecified atom stereocenters. The van der Waals surface area contributed by atoms with Crippen molar-refractivity contribution in [1.29, 1.82) is 0 Å². The van der Waals surface area contributed by atoms with Gasteiger partial charge in [-0.05, 0) is 13.1 Å². The largest absolute Gasteiger partial charge is 0.492 e. The summed E-state index contributed by atoms with van der Waals surface area (Å²) in [6.07, 6.45) is 0. The van der Waals surface area contributed by atoms with Gasteiger partial charge in [0, 0.05) is 38.8 Å². The predicted octanol–water partition coefficient (Wildman–Crippen LogP) is 0.246. The van der Waals surface area contributed by atoms with Gasteiger partial charge in [0.05, 0.1) is 0 Å². The highest BCUT2D eigenvalue weighted by molar-refractivity contribution is 6.32. The van der Waals surface area contributed by atoms with E-state index in [9.17, 15) is 4.39 Å². The molecule has 1 fully saturated rings. The number of hydrogen-bond acceptors (Lipinski definition) is 3. The highest BCUT2D eigenvalue weighted by atomic mass is 19.1. The SMILES string of the molecule is [B]c1ccc(OCCN2CCN(C)CC2)cc1F. The summed E-state index contributed by atoms with van der Waals surface area (Å²) in [5.41, 5.74) is 0.154. The van der Waals surface area contributed by atoms with E-state index in [1.54, 1.807) is 6.07 Å². The molecular weight excluding hydrogens is 230 g/mol. The molecule has 2 rings (SSSR count). The van der Waals surface area contributed by atoms with E-state index in [2.05, 4.69) is 16.8 Å². The number of hydrogen-bond donors (Lipinski definition) is 0. The van der Waals surface area contributed by atoms with E-state index < -0.39 is 5.82 Å². The predicted molar refractivity (Wildman–Crippen MR) is 71.2 cm³/mol. The van der Waals surface area contributed by atoms with Crippen LogP contribution in [0.1, 0.15) is 0 Å². The minimum Gasteiger partial charge on any atom is -0.492 e. The summed E-state index contributed by atoms with van der Waals surface area (Å²) in [4.78, 5) is 4.67. The monoisotopic (exact) mass is 248 g/mol. The number of piperazine rings is 1. The summed E-state index contributed by atoms with van der Waals surface area (Å²) in [5, 5.41) is 0. The van der Waals surface area contributed by atoms with Crippen LogP contribution < -0.4 is 10.2 Å². The lowest BCUT2D eigenvalue weighted by molar-refractivity contribution is 0.133. The highest BCUT2D eigenvalue weighted by Crippen LogP contribution is 2.10. The zero-order valence-corrected chi connectivity index (χ0v) is 10.7. The van der Waals surface area contributed by atoms with Crippen LogP contribution in [0, 0.1) is 5.82 Å². The van der Waals surface area contributed by atoms with Gasteiger partial charge in [-0.25, -0.2) is 4.39 Å². The van der Waals surface area contributed by atoms with E-state index in [1.165, 1.54) is 12.1 Å². The molecule has 2 radical (unpaired) electrons. The topological polar surface area (TPSA) is 15.7 Å². The molecule has 0 atom stereocenters. The van der Waals surface area contributed by atoms with Crippen LogP contribution in [0.3, 0.4) is 0 Å². The summed E-state index contributed by atoms with van der Waals surface area (Å²) < 4.78 is 18.7. The molecule has 0 aromatic heterocycles. The van der Waals surface area contributed by atoms with Gasteiger partial charge in [-0.1, -0.05) is 11.5 Å². The maximum Gasteiger partial charge on any atom is 0.122 e. The van der Waals surface area contributed by atoms with E-state index >= 15 is 0 Å². The Bertz CT molecular complexity index is 395. The van der Waals surface area contributed by atoms with Gasteiger partial charge in [0.1, 0.15) is 26.0 Å². The first-order valence-corrected chi connectivity index (χ1v) is 6.24. The molecule has 3 nitrogen and oxygen atoms in total. The Morgan fingerprint density at radius 2 is 2.00 bits per heavy atom. The summed E-state index contributed by atoms with van der Waals surface area (Å²) in [6, 6.07) is 4.56. The minimum absolute atomic E-state index is 0.154. The van der Waals surface area contributed by atoms with Crippen molar-refractivity contribution in [2.24, 2.45) is 0 Å². The molecule has 1 aliphatic rings. The number of halogens is 1. The number of rotatable bonds is 4. The van der Waals surface area contributed by atoms with Crippen LogP contribution in [-0.2, 0) is 0 Å². The maximum atomic E-state index is 13.2. The molecule has 0 amide bonds. The third-order valence-corrected chi connectivity index (χ3v) is 3.24. The molecular formula is C13H18BFN2O. The maximum absolute atomic E-state index is 13.2. The molecule has 1 heterocycles. The van der Waals surface area contributed by atoms with Crippen molar-refractivity contribution in [3.05, 3.63) is 24.0 Å². The van der Waals surface area contributed by atoms with E-state index in [0.717, 1.165) is 32.7 Å². The van der Waals surface area contributed by atoms with Gasteiger partial charge < -0.3 is 9.64 Å². The zero-order valence-electron chi connectivity index (χ0n) is 10.7. The molecule has 1 aromatic rings. The van der Waals surface area contributed by atoms with Crippen LogP contribution in [0.4, 0.5) is 4.39 Å². The number of benzene rings is 1. The summed E-state index contributed by atoms with van der Waals surface area (Å²) >= 11 is 0. The van der Waals surface area contributed by atoms with Gasteiger partial charge in [-0.15, -0.1) is 0 Å². The van der Waals surface area contributed by atoms with E-state index in [0.29, 0.717) is 12.4 Å². The van der Waals surface area contributed by atoms with Crippen molar-refractivity contribution >= 4 is 13.3 Å². The van der Waals surface area contributed by atoms with E-state index in [1.807, 2.05) is 0 Å². The van der Waals surface area contributed by atoms with Crippen molar-refractivity contribution in [2.75, 3.05) is 46.4 Å². The first kappa shape index (κ1) is 13.4. The van der Waals surface area contributed by atoms with Crippen molar-refractivity contribution in [3.8, 4) is 5.75 Å². The van der Waals surface area contributed by atoms with Crippen LogP contribution in [0.15, 0.2) is 18.2 Å². The van der Waals surface area contributed by atoms with Gasteiger partial charge in [0.25, 0.3) is 0 Å². The first-order chi connectivity index (χ1) is 8.65. The van der Waals surface area contributed by atoms with Crippen LogP contribution in [0.2, 0.25) is 0 Å². The standard InChI is InChI=1S/C13H18BFN2O/c1-16-4-6-17(7-5-16)8-9-18-11-2-3-12(14)13(15)10-11/h2-3,10H,4-9H2,1H3. The summed E-state index contributed by atoms with van der Waals surface area (Å²) in [6.45, 7) is 5.77. The van der Waals surface area contributed by atoms with Crippen molar-refractivity contribution in [1.82, 2.24) is 9.80 Å². The third kappa shape index (κ3) is 3.72. The molecule has 1 saturated heterocycles. The highest BCUT2D eigenvalue weighted by Gasteiger charge is 2.13. The fourth-order valence-corrected chi connectivity index (χ4v) is 1.96. The Hall–Kier alpha value is -1.07. The Morgan fingerprint density at radius 3 is 2.67 bits per heavy atom. The molecule has 5 heteroatoms. The molecule has 0 spiro atoms. The molecule has 0 aliphatic carbocycles. The van der Waals surface area contributed by atoms with Crippen LogP contribution >= 0.6 is 0 Å². The first-order valence-electron chi connectivity index (χ1n) is 6.24. The Labute approximate surface area is 109 Å². The van der Waals surface area contributed by atoms with Gasteiger partial charge >= 0.3 is 0 Å². The van der Waals surface area contributed by atoms with Crippen molar-refractivity contribution in [2.45, 2.75) is 0 Å². The summed E-state index contributed by atoms with van der Waals surface area (Å²) in [5.74, 6) is 0.114. The van der Waals surface area contributed by atoms with Crippen molar-refractivity contribution < 1.29 is 9.13 Å². The third-order valence-electron chi connectivity index (χ3n) is 3.24. The lowest BCUT2D eigenvalue weighted by Gasteiger charge is -2.32. The summed E-state index contributed by atoms with van der Waals surface area (Å²) in [7, 11) is 7.53. The molecule has 96 valence electrons. The second-order valence-electron chi connectivity index (χ2n) is 4.68. The van der Waals surface area contributed by atoms with Gasteiger partial charge in [-0.2, -0.15) is 0 Å². The molecule has 1 aliphatic heterocycles. The zero-order chi connectivity index (χ0) is 13.0. The second kappa shape index (κ2) is 6.20. The van der Waals surface area contributed by atoms with E-state index in [-0.39, 0.29) is 5.46 Å². The van der Waals surface area contributed by atoms with Gasteiger partial charge in [0.2, 0.25) is 0 Å². The number of nitrogens with zero attached hydrogens (tertiary/aromatic N) is 2. The fourth-order valence-electron chi connectivity index (χ4n) is 1.96. The smallest absolute Gasteiger partial charge is 0.122 e. The minimum atomic E-state index is -0.424. The Balaban J connectivity index is 1.73. The molecule has 1 aromatic carbocycles. The fraction of sp³-hybridized carbons (Fsp3) is 0.538. The molecule has 18 heavy (non-hydrogen) atoms. The molecule has 0 saturated carbocycles. The van der Waals surface area contributed by atoms with E-state index in [4.69, 9.17) is 12.6 Å². The van der Waals surface area contributed by atoms with Crippen LogP contribution in [-0.4, -0.2) is 64.0 Å². The quantitative estimate of drug-likeness (QED) is 0.710. The Morgan fingerprint density at radius 1 is 1.28 bits per heavy atom. The second-order valence-corrected chi connectivity index (χ2v) is 4.68. The Kier molecular flexibility index (Phi) is 4.61. The normalized spacial score (nSPS) is 17.9. The lowest BCUT2D eigenvalue weighted by atomic mass is 9.96. The van der Waals surface area contributed by atoms with Gasteiger partial charge in [-0.3, -0.25) is 4.90 Å². The van der Waals surface area contributed by atoms with Crippen molar-refractivity contribution in [3.63, 3.8) is 0 Å². The van der Waals surface area contributed by atoms with Gasteiger partial charge in [0.15, 0.2) is 0 Å². The average Bonchev–Trinajstić information content (AvgIpc) is 2.36. The average molecular weight is 248 g/mol. The lowest BCUT2D eigenvalue weighted by Crippen LogP contribution is -2.45.